The first kappa shape index (κ1) is 16.7. The van der Waals surface area contributed by atoms with Gasteiger partial charge in [-0.2, -0.15) is 0 Å². The summed E-state index contributed by atoms with van der Waals surface area (Å²) >= 11 is 3.44. The Bertz CT molecular complexity index is 500. The largest absolute Gasteiger partial charge is 0.349 e. The maximum Gasteiger partial charge on any atom is 0.242 e. The van der Waals surface area contributed by atoms with Gasteiger partial charge in [0, 0.05) is 16.9 Å². The lowest BCUT2D eigenvalue weighted by Crippen LogP contribution is -2.52. The van der Waals surface area contributed by atoms with Crippen molar-refractivity contribution in [1.29, 1.82) is 0 Å². The predicted octanol–water partition coefficient (Wildman–Crippen LogP) is 2.41. The number of nitrogens with one attached hydrogen (secondary N) is 2. The number of halogens is 1. The van der Waals surface area contributed by atoms with E-state index >= 15 is 0 Å². The Morgan fingerprint density at radius 3 is 2.55 bits per heavy atom. The second-order valence-electron chi connectivity index (χ2n) is 5.60. The van der Waals surface area contributed by atoms with Crippen LogP contribution in [0.1, 0.15) is 33.3 Å². The molecular formula is C15H21BrN2O2. The molecule has 0 unspecified atom stereocenters. The Balaban J connectivity index is 2.65. The molecule has 2 N–H and O–H groups in total. The molecule has 4 nitrogen and oxygen atoms in total. The highest BCUT2D eigenvalue weighted by Crippen LogP contribution is 2.17. The van der Waals surface area contributed by atoms with Crippen LogP contribution in [0.4, 0.5) is 0 Å². The molecule has 0 aliphatic rings. The molecule has 0 heterocycles. The summed E-state index contributed by atoms with van der Waals surface area (Å²) in [7, 11) is 0. The molecule has 1 atom stereocenters. The molecule has 1 rings (SSSR count). The minimum absolute atomic E-state index is 0.180. The maximum atomic E-state index is 12.0. The van der Waals surface area contributed by atoms with Crippen molar-refractivity contribution in [2.75, 3.05) is 0 Å². The standard InChI is InChI=1S/C15H21BrN2O2/c1-10(17-11(2)19)14(20)18-15(3,4)9-12-6-5-7-13(16)8-12/h5-8,10H,9H2,1-4H3,(H,17,19)(H,18,20)/t10-/m0/s1. The quantitative estimate of drug-likeness (QED) is 0.864. The molecule has 0 aromatic heterocycles. The summed E-state index contributed by atoms with van der Waals surface area (Å²) in [5, 5.41) is 5.54. The first-order chi connectivity index (χ1) is 9.19. The summed E-state index contributed by atoms with van der Waals surface area (Å²) < 4.78 is 1.02. The third-order valence-electron chi connectivity index (χ3n) is 2.81. The highest BCUT2D eigenvalue weighted by Gasteiger charge is 2.24. The molecule has 0 fully saturated rings. The van der Waals surface area contributed by atoms with Crippen molar-refractivity contribution in [1.82, 2.24) is 10.6 Å². The zero-order valence-corrected chi connectivity index (χ0v) is 13.9. The van der Waals surface area contributed by atoms with Crippen molar-refractivity contribution in [3.63, 3.8) is 0 Å². The van der Waals surface area contributed by atoms with E-state index in [1.807, 2.05) is 38.1 Å². The van der Waals surface area contributed by atoms with Crippen LogP contribution >= 0.6 is 15.9 Å². The number of rotatable bonds is 5. The Labute approximate surface area is 128 Å². The second-order valence-corrected chi connectivity index (χ2v) is 6.52. The lowest BCUT2D eigenvalue weighted by Gasteiger charge is -2.28. The zero-order valence-electron chi connectivity index (χ0n) is 12.3. The number of carbonyl (C=O) groups is 2. The van der Waals surface area contributed by atoms with Crippen LogP contribution < -0.4 is 10.6 Å². The van der Waals surface area contributed by atoms with Crippen LogP contribution in [0.3, 0.4) is 0 Å². The Morgan fingerprint density at radius 1 is 1.35 bits per heavy atom. The monoisotopic (exact) mass is 340 g/mol. The molecule has 0 bridgehead atoms. The van der Waals surface area contributed by atoms with Gasteiger partial charge in [0.15, 0.2) is 0 Å². The highest BCUT2D eigenvalue weighted by molar-refractivity contribution is 9.10. The third-order valence-corrected chi connectivity index (χ3v) is 3.30. The van der Waals surface area contributed by atoms with Crippen molar-refractivity contribution in [2.24, 2.45) is 0 Å². The Morgan fingerprint density at radius 2 is 2.00 bits per heavy atom. The summed E-state index contributed by atoms with van der Waals surface area (Å²) in [5.74, 6) is -0.391. The number of amides is 2. The number of hydrogen-bond acceptors (Lipinski definition) is 2. The lowest BCUT2D eigenvalue weighted by atomic mass is 9.94. The van der Waals surface area contributed by atoms with E-state index in [1.165, 1.54) is 6.92 Å². The molecule has 0 saturated carbocycles. The molecule has 0 aliphatic heterocycles. The molecule has 1 aromatic rings. The molecule has 5 heteroatoms. The van der Waals surface area contributed by atoms with Gasteiger partial charge in [-0.25, -0.2) is 0 Å². The molecule has 20 heavy (non-hydrogen) atoms. The van der Waals surface area contributed by atoms with Crippen molar-refractivity contribution < 1.29 is 9.59 Å². The van der Waals surface area contributed by atoms with Gasteiger partial charge in [0.05, 0.1) is 0 Å². The Hall–Kier alpha value is -1.36. The van der Waals surface area contributed by atoms with Crippen LogP contribution in [0.15, 0.2) is 28.7 Å². The average Bonchev–Trinajstić information content (AvgIpc) is 2.26. The minimum atomic E-state index is -0.533. The van der Waals surface area contributed by atoms with E-state index in [1.54, 1.807) is 6.92 Å². The van der Waals surface area contributed by atoms with Gasteiger partial charge in [-0.15, -0.1) is 0 Å². The number of carbonyl (C=O) groups excluding carboxylic acids is 2. The number of benzene rings is 1. The summed E-state index contributed by atoms with van der Waals surface area (Å²) in [5.41, 5.74) is 0.752. The smallest absolute Gasteiger partial charge is 0.242 e. The van der Waals surface area contributed by atoms with Gasteiger partial charge in [0.25, 0.3) is 0 Å². The van der Waals surface area contributed by atoms with Crippen LogP contribution in [0, 0.1) is 0 Å². The molecule has 0 saturated heterocycles. The van der Waals surface area contributed by atoms with Crippen LogP contribution in [0.5, 0.6) is 0 Å². The highest BCUT2D eigenvalue weighted by atomic mass is 79.9. The second kappa shape index (κ2) is 6.88. The van der Waals surface area contributed by atoms with E-state index in [9.17, 15) is 9.59 Å². The number of hydrogen-bond donors (Lipinski definition) is 2. The lowest BCUT2D eigenvalue weighted by molar-refractivity contribution is -0.128. The maximum absolute atomic E-state index is 12.0. The zero-order chi connectivity index (χ0) is 15.3. The summed E-state index contributed by atoms with van der Waals surface area (Å²) in [6, 6.07) is 7.46. The van der Waals surface area contributed by atoms with Crippen LogP contribution in [0.25, 0.3) is 0 Å². The van der Waals surface area contributed by atoms with Gasteiger partial charge in [-0.3, -0.25) is 9.59 Å². The molecule has 0 spiro atoms. The van der Waals surface area contributed by atoms with Crippen LogP contribution in [0.2, 0.25) is 0 Å². The fourth-order valence-corrected chi connectivity index (χ4v) is 2.46. The molecule has 1 aromatic carbocycles. The molecule has 0 radical (unpaired) electrons. The van der Waals surface area contributed by atoms with Crippen LogP contribution in [-0.4, -0.2) is 23.4 Å². The molecular weight excluding hydrogens is 320 g/mol. The first-order valence-corrected chi connectivity index (χ1v) is 7.32. The fraction of sp³-hybridized carbons (Fsp3) is 0.467. The molecule has 110 valence electrons. The van der Waals surface area contributed by atoms with Crippen molar-refractivity contribution in [3.8, 4) is 0 Å². The van der Waals surface area contributed by atoms with Gasteiger partial charge in [-0.05, 0) is 44.9 Å². The molecule has 0 aliphatic carbocycles. The van der Waals surface area contributed by atoms with E-state index in [-0.39, 0.29) is 17.4 Å². The topological polar surface area (TPSA) is 58.2 Å². The van der Waals surface area contributed by atoms with E-state index < -0.39 is 6.04 Å². The van der Waals surface area contributed by atoms with E-state index in [0.29, 0.717) is 6.42 Å². The summed E-state index contributed by atoms with van der Waals surface area (Å²) in [6.45, 7) is 7.00. The van der Waals surface area contributed by atoms with E-state index in [0.717, 1.165) is 10.0 Å². The predicted molar refractivity (Wildman–Crippen MR) is 83.3 cm³/mol. The normalized spacial score (nSPS) is 12.7. The van der Waals surface area contributed by atoms with E-state index in [2.05, 4.69) is 26.6 Å². The summed E-state index contributed by atoms with van der Waals surface area (Å²) in [6.07, 6.45) is 0.713. The van der Waals surface area contributed by atoms with Gasteiger partial charge >= 0.3 is 0 Å². The third kappa shape index (κ3) is 5.74. The fourth-order valence-electron chi connectivity index (χ4n) is 2.01. The molecule has 2 amide bonds. The first-order valence-electron chi connectivity index (χ1n) is 6.53. The van der Waals surface area contributed by atoms with Crippen molar-refractivity contribution in [3.05, 3.63) is 34.3 Å². The van der Waals surface area contributed by atoms with Gasteiger partial charge < -0.3 is 10.6 Å². The average molecular weight is 341 g/mol. The summed E-state index contributed by atoms with van der Waals surface area (Å²) in [4.78, 5) is 23.0. The van der Waals surface area contributed by atoms with Gasteiger partial charge in [-0.1, -0.05) is 28.1 Å². The van der Waals surface area contributed by atoms with Gasteiger partial charge in [0.2, 0.25) is 11.8 Å². The van der Waals surface area contributed by atoms with Crippen LogP contribution in [-0.2, 0) is 16.0 Å². The minimum Gasteiger partial charge on any atom is -0.349 e. The van der Waals surface area contributed by atoms with Gasteiger partial charge in [0.1, 0.15) is 6.04 Å². The van der Waals surface area contributed by atoms with E-state index in [4.69, 9.17) is 0 Å². The van der Waals surface area contributed by atoms with Crippen molar-refractivity contribution in [2.45, 2.75) is 45.7 Å². The van der Waals surface area contributed by atoms with Crippen molar-refractivity contribution >= 4 is 27.7 Å². The SMILES string of the molecule is CC(=O)N[C@@H](C)C(=O)NC(C)(C)Cc1cccc(Br)c1. The Kier molecular flexibility index (Phi) is 5.74.